The van der Waals surface area contributed by atoms with Crippen molar-refractivity contribution in [1.82, 2.24) is 0 Å². The molecule has 7 aromatic rings. The van der Waals surface area contributed by atoms with Crippen LogP contribution in [-0.2, 0) is 0 Å². The average molecular weight is 694 g/mol. The molecule has 7 aromatic carbocycles. The first-order valence-electron chi connectivity index (χ1n) is 18.7. The molecule has 0 aliphatic heterocycles. The number of nitrogens with zero attached hydrogens (tertiary/aromatic N) is 1. The molecule has 0 unspecified atom stereocenters. The van der Waals surface area contributed by atoms with E-state index >= 15 is 0 Å². The molecular weight excluding hydrogens is 639 g/mol. The van der Waals surface area contributed by atoms with Crippen molar-refractivity contribution in [1.29, 1.82) is 0 Å². The highest BCUT2D eigenvalue weighted by atomic mass is 15.1. The lowest BCUT2D eigenvalue weighted by Gasteiger charge is -2.25. The van der Waals surface area contributed by atoms with Crippen LogP contribution in [0.3, 0.4) is 0 Å². The maximum Gasteiger partial charge on any atom is 0.0461 e. The third-order valence-corrected chi connectivity index (χ3v) is 9.47. The Morgan fingerprint density at radius 3 is 0.642 bits per heavy atom. The second-order valence-electron chi connectivity index (χ2n) is 14.7. The number of benzene rings is 7. The molecule has 0 saturated heterocycles. The van der Waals surface area contributed by atoms with E-state index in [9.17, 15) is 0 Å². The fourth-order valence-corrected chi connectivity index (χ4v) is 6.59. The Hall–Kier alpha value is -5.66. The molecule has 0 bridgehead atoms. The molecule has 1 nitrogen and oxygen atoms in total. The van der Waals surface area contributed by atoms with E-state index in [-0.39, 0.29) is 0 Å². The van der Waals surface area contributed by atoms with Gasteiger partial charge in [-0.1, -0.05) is 177 Å². The van der Waals surface area contributed by atoms with Gasteiger partial charge in [-0.15, -0.1) is 0 Å². The topological polar surface area (TPSA) is 3.24 Å². The highest BCUT2D eigenvalue weighted by Crippen LogP contribution is 2.35. The van der Waals surface area contributed by atoms with Gasteiger partial charge in [-0.2, -0.15) is 0 Å². The minimum Gasteiger partial charge on any atom is -0.311 e. The van der Waals surface area contributed by atoms with Crippen LogP contribution < -0.4 is 4.90 Å². The first-order chi connectivity index (χ1) is 25.4. The maximum absolute atomic E-state index is 2.29. The average Bonchev–Trinajstić information content (AvgIpc) is 3.13. The summed E-state index contributed by atoms with van der Waals surface area (Å²) in [6, 6.07) is 59.3. The predicted molar refractivity (Wildman–Crippen MR) is 230 cm³/mol. The zero-order valence-electron chi connectivity index (χ0n) is 33.1. The molecule has 0 aliphatic rings. The van der Waals surface area contributed by atoms with E-state index in [0.717, 1.165) is 0 Å². The molecule has 7 rings (SSSR count). The van der Waals surface area contributed by atoms with Crippen molar-refractivity contribution >= 4 is 17.1 Å². The van der Waals surface area contributed by atoms with Gasteiger partial charge in [0.15, 0.2) is 0 Å². The molecular formula is C52H55N. The largest absolute Gasteiger partial charge is 0.311 e. The Kier molecular flexibility index (Phi) is 13.2. The van der Waals surface area contributed by atoms with Crippen LogP contribution in [0.1, 0.15) is 72.7 Å². The Bertz CT molecular complexity index is 1750. The SMILES string of the molecule is Cc1cc(C)cc(C)c1.Cc1ccc(C(c2ccc(C)cc2)c2ccc(C)cc2)cc1.Cc1ccc(N(c2ccc(C)cc2)c2ccc(C)cc2)cc1. The molecule has 0 amide bonds. The van der Waals surface area contributed by atoms with Crippen molar-refractivity contribution in [2.75, 3.05) is 4.90 Å². The number of hydrogen-bond donors (Lipinski definition) is 0. The zero-order chi connectivity index (χ0) is 37.9. The lowest BCUT2D eigenvalue weighted by Crippen LogP contribution is -2.09. The van der Waals surface area contributed by atoms with Crippen LogP contribution >= 0.6 is 0 Å². The summed E-state index contributed by atoms with van der Waals surface area (Å²) in [5.41, 5.74) is 19.4. The maximum atomic E-state index is 2.29. The van der Waals surface area contributed by atoms with Crippen molar-refractivity contribution in [3.05, 3.63) is 231 Å². The highest BCUT2D eigenvalue weighted by Gasteiger charge is 2.16. The molecule has 0 spiro atoms. The van der Waals surface area contributed by atoms with Crippen molar-refractivity contribution in [3.63, 3.8) is 0 Å². The third kappa shape index (κ3) is 11.2. The summed E-state index contributed by atoms with van der Waals surface area (Å²) in [6.45, 7) is 19.1. The van der Waals surface area contributed by atoms with Crippen LogP contribution in [0.5, 0.6) is 0 Å². The summed E-state index contributed by atoms with van der Waals surface area (Å²) in [7, 11) is 0. The minimum atomic E-state index is 0.293. The summed E-state index contributed by atoms with van der Waals surface area (Å²) >= 11 is 0. The molecule has 0 fully saturated rings. The molecule has 268 valence electrons. The minimum absolute atomic E-state index is 0.293. The van der Waals surface area contributed by atoms with E-state index in [2.05, 4.69) is 231 Å². The molecule has 0 atom stereocenters. The Labute approximate surface area is 319 Å². The summed E-state index contributed by atoms with van der Waals surface area (Å²) in [4.78, 5) is 2.29. The fourth-order valence-electron chi connectivity index (χ4n) is 6.59. The van der Waals surface area contributed by atoms with Gasteiger partial charge in [0.25, 0.3) is 0 Å². The van der Waals surface area contributed by atoms with Gasteiger partial charge in [0.1, 0.15) is 0 Å². The first-order valence-corrected chi connectivity index (χ1v) is 18.7. The summed E-state index contributed by atoms with van der Waals surface area (Å²) in [6.07, 6.45) is 0. The quantitative estimate of drug-likeness (QED) is 0.157. The van der Waals surface area contributed by atoms with Gasteiger partial charge in [0.05, 0.1) is 0 Å². The van der Waals surface area contributed by atoms with E-state index in [1.807, 2.05) is 0 Å². The highest BCUT2D eigenvalue weighted by molar-refractivity contribution is 5.76. The van der Waals surface area contributed by atoms with Crippen molar-refractivity contribution < 1.29 is 0 Å². The molecule has 0 heterocycles. The molecule has 0 radical (unpaired) electrons. The number of hydrogen-bond acceptors (Lipinski definition) is 1. The first kappa shape index (κ1) is 38.6. The monoisotopic (exact) mass is 693 g/mol. The Morgan fingerprint density at radius 2 is 0.434 bits per heavy atom. The van der Waals surface area contributed by atoms with Gasteiger partial charge in [0.2, 0.25) is 0 Å². The second-order valence-corrected chi connectivity index (χ2v) is 14.7. The summed E-state index contributed by atoms with van der Waals surface area (Å²) < 4.78 is 0. The zero-order valence-corrected chi connectivity index (χ0v) is 33.1. The Morgan fingerprint density at radius 1 is 0.245 bits per heavy atom. The van der Waals surface area contributed by atoms with Crippen molar-refractivity contribution in [3.8, 4) is 0 Å². The molecule has 0 aromatic heterocycles. The summed E-state index contributed by atoms with van der Waals surface area (Å²) in [5.74, 6) is 0.293. The van der Waals surface area contributed by atoms with Gasteiger partial charge in [-0.05, 0) is 115 Å². The van der Waals surface area contributed by atoms with Crippen molar-refractivity contribution in [2.45, 2.75) is 68.2 Å². The molecule has 53 heavy (non-hydrogen) atoms. The summed E-state index contributed by atoms with van der Waals surface area (Å²) in [5, 5.41) is 0. The van der Waals surface area contributed by atoms with Gasteiger partial charge in [0, 0.05) is 23.0 Å². The van der Waals surface area contributed by atoms with Crippen LogP contribution in [-0.4, -0.2) is 0 Å². The lowest BCUT2D eigenvalue weighted by molar-refractivity contribution is 0.973. The number of rotatable bonds is 6. The lowest BCUT2D eigenvalue weighted by atomic mass is 9.84. The Balaban J connectivity index is 0.000000167. The smallest absolute Gasteiger partial charge is 0.0461 e. The van der Waals surface area contributed by atoms with Gasteiger partial charge in [-0.3, -0.25) is 0 Å². The number of anilines is 3. The normalized spacial score (nSPS) is 10.5. The third-order valence-electron chi connectivity index (χ3n) is 9.47. The van der Waals surface area contributed by atoms with E-state index in [1.54, 1.807) is 0 Å². The molecule has 0 aliphatic carbocycles. The van der Waals surface area contributed by atoms with E-state index < -0.39 is 0 Å². The van der Waals surface area contributed by atoms with Crippen molar-refractivity contribution in [2.24, 2.45) is 0 Å². The van der Waals surface area contributed by atoms with Crippen LogP contribution in [0.4, 0.5) is 17.1 Å². The van der Waals surface area contributed by atoms with Gasteiger partial charge < -0.3 is 4.90 Å². The van der Waals surface area contributed by atoms with E-state index in [4.69, 9.17) is 0 Å². The van der Waals surface area contributed by atoms with Gasteiger partial charge >= 0.3 is 0 Å². The fraction of sp³-hybridized carbons (Fsp3) is 0.192. The van der Waals surface area contributed by atoms with Gasteiger partial charge in [-0.25, -0.2) is 0 Å². The van der Waals surface area contributed by atoms with Crippen LogP contribution in [0.2, 0.25) is 0 Å². The van der Waals surface area contributed by atoms with Crippen LogP contribution in [0.25, 0.3) is 0 Å². The van der Waals surface area contributed by atoms with E-state index in [1.165, 1.54) is 83.8 Å². The second kappa shape index (κ2) is 18.2. The standard InChI is InChI=1S/C22H22.C21H21N.C9H12/c2*1-16-4-10-19(11-5-16)22(20-12-6-17(2)7-13-20)21-14-8-18(3)9-15-21;1-7-4-8(2)6-9(3)5-7/h4-15,22H,1-3H3;4-15H,1-3H3;4-6H,1-3H3. The molecule has 0 N–H and O–H groups in total. The predicted octanol–water partition coefficient (Wildman–Crippen LogP) is 14.5. The molecule has 1 heteroatoms. The van der Waals surface area contributed by atoms with E-state index in [0.29, 0.717) is 5.92 Å². The molecule has 0 saturated carbocycles. The van der Waals surface area contributed by atoms with Crippen LogP contribution in [0.15, 0.2) is 164 Å². The van der Waals surface area contributed by atoms with Crippen LogP contribution in [0, 0.1) is 62.3 Å². The number of aryl methyl sites for hydroxylation is 9.